The highest BCUT2D eigenvalue weighted by Gasteiger charge is 2.53. The van der Waals surface area contributed by atoms with Crippen LogP contribution in [0.2, 0.25) is 0 Å². The molecule has 1 rings (SSSR count). The molecule has 28 heavy (non-hydrogen) atoms. The van der Waals surface area contributed by atoms with Crippen molar-refractivity contribution in [3.63, 3.8) is 0 Å². The molecule has 0 radical (unpaired) electrons. The van der Waals surface area contributed by atoms with E-state index in [1.165, 1.54) is 13.8 Å². The Kier molecular flexibility index (Phi) is 9.29. The maximum Gasteiger partial charge on any atom is 0.303 e. The molecule has 0 aromatic heterocycles. The predicted octanol–water partition coefficient (Wildman–Crippen LogP) is -0.533. The third-order valence-electron chi connectivity index (χ3n) is 3.57. The first-order valence-electron chi connectivity index (χ1n) is 8.61. The van der Waals surface area contributed by atoms with Crippen molar-refractivity contribution in [2.75, 3.05) is 13.2 Å². The quantitative estimate of drug-likeness (QED) is 0.410. The molecule has 0 aromatic rings. The molecule has 1 saturated heterocycles. The molecule has 0 spiro atoms. The standard InChI is InChI=1S/C17H26O11/c1-8(6-18)24-17-16(27-12(5)22)15(26-11(4)21)14(25-10(3)20)13(28-17)7-23-9(2)19/h8,13-18H,6-7H2,1-5H3/t8?,13-,14+,15+,16-,17-/m1/s1. The van der Waals surface area contributed by atoms with E-state index in [1.807, 2.05) is 0 Å². The van der Waals surface area contributed by atoms with Crippen molar-refractivity contribution in [3.8, 4) is 0 Å². The second kappa shape index (κ2) is 10.9. The van der Waals surface area contributed by atoms with Gasteiger partial charge in [-0.15, -0.1) is 0 Å². The topological polar surface area (TPSA) is 144 Å². The molecule has 1 fully saturated rings. The summed E-state index contributed by atoms with van der Waals surface area (Å²) >= 11 is 0. The van der Waals surface area contributed by atoms with Crippen molar-refractivity contribution in [2.45, 2.75) is 71.4 Å². The number of aliphatic hydroxyl groups excluding tert-OH is 1. The van der Waals surface area contributed by atoms with Crippen molar-refractivity contribution in [1.29, 1.82) is 0 Å². The SMILES string of the molecule is CC(=O)OC[C@H]1O[C@@H](OC(C)CO)[C@H](OC(C)=O)[C@@H](OC(C)=O)[C@H]1OC(C)=O. The summed E-state index contributed by atoms with van der Waals surface area (Å²) in [7, 11) is 0. The van der Waals surface area contributed by atoms with E-state index in [2.05, 4.69) is 0 Å². The Morgan fingerprint density at radius 3 is 1.82 bits per heavy atom. The molecular weight excluding hydrogens is 380 g/mol. The summed E-state index contributed by atoms with van der Waals surface area (Å²) in [4.78, 5) is 45.9. The minimum absolute atomic E-state index is 0.342. The smallest absolute Gasteiger partial charge is 0.303 e. The third-order valence-corrected chi connectivity index (χ3v) is 3.57. The number of rotatable bonds is 8. The van der Waals surface area contributed by atoms with Crippen LogP contribution in [-0.2, 0) is 47.6 Å². The fourth-order valence-electron chi connectivity index (χ4n) is 2.57. The van der Waals surface area contributed by atoms with Gasteiger partial charge in [-0.25, -0.2) is 0 Å². The predicted molar refractivity (Wildman–Crippen MR) is 89.6 cm³/mol. The highest BCUT2D eigenvalue weighted by atomic mass is 16.7. The zero-order chi connectivity index (χ0) is 21.4. The van der Waals surface area contributed by atoms with E-state index in [-0.39, 0.29) is 13.2 Å². The highest BCUT2D eigenvalue weighted by Crippen LogP contribution is 2.30. The van der Waals surface area contributed by atoms with Crippen LogP contribution in [0.15, 0.2) is 0 Å². The van der Waals surface area contributed by atoms with E-state index >= 15 is 0 Å². The minimum atomic E-state index is -1.30. The lowest BCUT2D eigenvalue weighted by atomic mass is 9.98. The summed E-state index contributed by atoms with van der Waals surface area (Å²) in [6.07, 6.45) is -6.93. The van der Waals surface area contributed by atoms with Crippen molar-refractivity contribution >= 4 is 23.9 Å². The van der Waals surface area contributed by atoms with Gasteiger partial charge in [-0.1, -0.05) is 0 Å². The number of esters is 4. The molecule has 1 unspecified atom stereocenters. The normalized spacial score (nSPS) is 28.0. The summed E-state index contributed by atoms with van der Waals surface area (Å²) in [5.41, 5.74) is 0. The van der Waals surface area contributed by atoms with E-state index in [0.717, 1.165) is 20.8 Å². The first-order valence-corrected chi connectivity index (χ1v) is 8.61. The summed E-state index contributed by atoms with van der Waals surface area (Å²) in [6, 6.07) is 0. The van der Waals surface area contributed by atoms with Crippen LogP contribution in [0.1, 0.15) is 34.6 Å². The van der Waals surface area contributed by atoms with Gasteiger partial charge in [-0.2, -0.15) is 0 Å². The van der Waals surface area contributed by atoms with Crippen LogP contribution >= 0.6 is 0 Å². The summed E-state index contributed by atoms with van der Waals surface area (Å²) < 4.78 is 31.8. The Bertz CT molecular complexity index is 575. The molecule has 0 aliphatic carbocycles. The third kappa shape index (κ3) is 7.41. The molecular formula is C17H26O11. The molecule has 6 atom stereocenters. The fourth-order valence-corrected chi connectivity index (χ4v) is 2.57. The second-order valence-electron chi connectivity index (χ2n) is 6.20. The van der Waals surface area contributed by atoms with E-state index in [0.29, 0.717) is 0 Å². The molecule has 1 aliphatic heterocycles. The van der Waals surface area contributed by atoms with Gasteiger partial charge in [0.25, 0.3) is 0 Å². The first-order chi connectivity index (χ1) is 13.0. The lowest BCUT2D eigenvalue weighted by molar-refractivity contribution is -0.317. The molecule has 1 heterocycles. The number of hydrogen-bond acceptors (Lipinski definition) is 11. The largest absolute Gasteiger partial charge is 0.463 e. The zero-order valence-electron chi connectivity index (χ0n) is 16.4. The molecule has 0 saturated carbocycles. The highest BCUT2D eigenvalue weighted by molar-refractivity contribution is 5.68. The summed E-state index contributed by atoms with van der Waals surface area (Å²) in [6.45, 7) is 5.38. The molecule has 11 heteroatoms. The van der Waals surface area contributed by atoms with Crippen LogP contribution in [0, 0.1) is 0 Å². The molecule has 0 bridgehead atoms. The van der Waals surface area contributed by atoms with Crippen molar-refractivity contribution in [1.82, 2.24) is 0 Å². The van der Waals surface area contributed by atoms with Gasteiger partial charge in [0.2, 0.25) is 0 Å². The van der Waals surface area contributed by atoms with Crippen LogP contribution < -0.4 is 0 Å². The van der Waals surface area contributed by atoms with Gasteiger partial charge < -0.3 is 33.5 Å². The minimum Gasteiger partial charge on any atom is -0.463 e. The van der Waals surface area contributed by atoms with Gasteiger partial charge in [-0.05, 0) is 6.92 Å². The van der Waals surface area contributed by atoms with Crippen LogP contribution in [-0.4, -0.2) is 79.0 Å². The van der Waals surface area contributed by atoms with Crippen molar-refractivity contribution < 1.29 is 52.7 Å². The summed E-state index contributed by atoms with van der Waals surface area (Å²) in [5.74, 6) is -2.79. The second-order valence-corrected chi connectivity index (χ2v) is 6.20. The number of carbonyl (C=O) groups is 4. The monoisotopic (exact) mass is 406 g/mol. The van der Waals surface area contributed by atoms with Crippen LogP contribution in [0.4, 0.5) is 0 Å². The molecule has 11 nitrogen and oxygen atoms in total. The van der Waals surface area contributed by atoms with Gasteiger partial charge in [0.05, 0.1) is 12.7 Å². The van der Waals surface area contributed by atoms with Gasteiger partial charge in [-0.3, -0.25) is 19.2 Å². The van der Waals surface area contributed by atoms with Crippen LogP contribution in [0.3, 0.4) is 0 Å². The van der Waals surface area contributed by atoms with E-state index < -0.39 is 60.7 Å². The van der Waals surface area contributed by atoms with E-state index in [4.69, 9.17) is 28.4 Å². The molecule has 1 N–H and O–H groups in total. The Morgan fingerprint density at radius 1 is 0.857 bits per heavy atom. The zero-order valence-corrected chi connectivity index (χ0v) is 16.4. The lowest BCUT2D eigenvalue weighted by Gasteiger charge is -2.44. The molecule has 0 aromatic carbocycles. The van der Waals surface area contributed by atoms with Crippen molar-refractivity contribution in [2.24, 2.45) is 0 Å². The van der Waals surface area contributed by atoms with Gasteiger partial charge in [0.15, 0.2) is 24.6 Å². The molecule has 1 aliphatic rings. The Balaban J connectivity index is 3.28. The first kappa shape index (κ1) is 23.8. The van der Waals surface area contributed by atoms with Crippen molar-refractivity contribution in [3.05, 3.63) is 0 Å². The number of hydrogen-bond donors (Lipinski definition) is 1. The molecule has 0 amide bonds. The van der Waals surface area contributed by atoms with Gasteiger partial charge in [0.1, 0.15) is 12.7 Å². The number of carbonyl (C=O) groups excluding carboxylic acids is 4. The van der Waals surface area contributed by atoms with Crippen LogP contribution in [0.25, 0.3) is 0 Å². The molecule has 160 valence electrons. The maximum absolute atomic E-state index is 11.6. The van der Waals surface area contributed by atoms with E-state index in [9.17, 15) is 24.3 Å². The summed E-state index contributed by atoms with van der Waals surface area (Å²) in [5, 5.41) is 9.25. The maximum atomic E-state index is 11.6. The van der Waals surface area contributed by atoms with Gasteiger partial charge in [0, 0.05) is 27.7 Å². The Labute approximate surface area is 162 Å². The lowest BCUT2D eigenvalue weighted by Crippen LogP contribution is -2.63. The Hall–Kier alpha value is -2.24. The number of aliphatic hydroxyl groups is 1. The van der Waals surface area contributed by atoms with E-state index in [1.54, 1.807) is 0 Å². The van der Waals surface area contributed by atoms with Crippen LogP contribution in [0.5, 0.6) is 0 Å². The average molecular weight is 406 g/mol. The fraction of sp³-hybridized carbons (Fsp3) is 0.765. The Morgan fingerprint density at radius 2 is 1.36 bits per heavy atom. The number of ether oxygens (including phenoxy) is 6. The average Bonchev–Trinajstić information content (AvgIpc) is 2.57. The van der Waals surface area contributed by atoms with Gasteiger partial charge >= 0.3 is 23.9 Å².